The van der Waals surface area contributed by atoms with Crippen LogP contribution < -0.4 is 10.1 Å². The zero-order valence-corrected chi connectivity index (χ0v) is 11.7. The summed E-state index contributed by atoms with van der Waals surface area (Å²) in [4.78, 5) is 16.1. The predicted octanol–water partition coefficient (Wildman–Crippen LogP) is 3.45. The lowest BCUT2D eigenvalue weighted by Gasteiger charge is -2.05. The second kappa shape index (κ2) is 5.88. The average molecular weight is 302 g/mol. The number of para-hydroxylation sites is 1. The molecule has 0 aliphatic carbocycles. The summed E-state index contributed by atoms with van der Waals surface area (Å²) in [6.07, 6.45) is 0. The largest absolute Gasteiger partial charge is 0.484 e. The first-order chi connectivity index (χ1) is 10.2. The van der Waals surface area contributed by atoms with Gasteiger partial charge in [-0.3, -0.25) is 10.1 Å². The van der Waals surface area contributed by atoms with Crippen molar-refractivity contribution in [2.45, 2.75) is 0 Å². The van der Waals surface area contributed by atoms with Crippen molar-refractivity contribution in [2.24, 2.45) is 0 Å². The third kappa shape index (κ3) is 3.35. The van der Waals surface area contributed by atoms with Crippen molar-refractivity contribution in [3.05, 3.63) is 54.3 Å². The number of hydrogen-bond donors (Lipinski definition) is 1. The Bertz CT molecular complexity index is 738. The van der Waals surface area contributed by atoms with Crippen LogP contribution in [-0.2, 0) is 4.79 Å². The monoisotopic (exact) mass is 302 g/mol. The number of amides is 1. The average Bonchev–Trinajstić information content (AvgIpc) is 2.88. The number of nitrogens with one attached hydrogen (secondary N) is 1. The Morgan fingerprint density at radius 1 is 1.19 bits per heavy atom. The Labute approximate surface area is 124 Å². The molecule has 3 aromatic rings. The number of carbonyl (C=O) groups excluding carboxylic acids is 1. The van der Waals surface area contributed by atoms with Gasteiger partial charge in [0.1, 0.15) is 11.6 Å². The summed E-state index contributed by atoms with van der Waals surface area (Å²) in [5.41, 5.74) is 0.845. The van der Waals surface area contributed by atoms with Gasteiger partial charge < -0.3 is 4.74 Å². The maximum absolute atomic E-state index is 12.7. The van der Waals surface area contributed by atoms with E-state index in [2.05, 4.69) is 10.3 Å². The van der Waals surface area contributed by atoms with E-state index >= 15 is 0 Å². The van der Waals surface area contributed by atoms with Gasteiger partial charge in [0.2, 0.25) is 0 Å². The zero-order valence-electron chi connectivity index (χ0n) is 10.9. The maximum Gasteiger partial charge on any atom is 0.264 e. The minimum atomic E-state index is -0.346. The van der Waals surface area contributed by atoms with Gasteiger partial charge in [0.25, 0.3) is 5.91 Å². The number of benzene rings is 2. The van der Waals surface area contributed by atoms with Gasteiger partial charge >= 0.3 is 0 Å². The number of ether oxygens (including phenoxy) is 1. The highest BCUT2D eigenvalue weighted by Gasteiger charge is 2.08. The van der Waals surface area contributed by atoms with Gasteiger partial charge in [-0.05, 0) is 36.4 Å². The standard InChI is InChI=1S/C15H11FN2O2S/c16-10-5-7-11(8-6-10)20-9-14(19)18-15-17-12-3-1-2-4-13(12)21-15/h1-8H,9H2,(H,17,18,19). The Morgan fingerprint density at radius 2 is 1.95 bits per heavy atom. The van der Waals surface area contributed by atoms with Crippen LogP contribution in [0.15, 0.2) is 48.5 Å². The van der Waals surface area contributed by atoms with Crippen molar-refractivity contribution >= 4 is 32.6 Å². The van der Waals surface area contributed by atoms with Gasteiger partial charge in [-0.2, -0.15) is 0 Å². The Morgan fingerprint density at radius 3 is 2.71 bits per heavy atom. The summed E-state index contributed by atoms with van der Waals surface area (Å²) in [5, 5.41) is 3.21. The van der Waals surface area contributed by atoms with Crippen molar-refractivity contribution in [3.8, 4) is 5.75 Å². The molecule has 0 atom stereocenters. The summed E-state index contributed by atoms with van der Waals surface area (Å²) in [6, 6.07) is 13.1. The molecular weight excluding hydrogens is 291 g/mol. The fourth-order valence-electron chi connectivity index (χ4n) is 1.76. The van der Waals surface area contributed by atoms with Crippen LogP contribution in [0.5, 0.6) is 5.75 Å². The number of rotatable bonds is 4. The van der Waals surface area contributed by atoms with E-state index in [0.29, 0.717) is 10.9 Å². The molecule has 0 spiro atoms. The van der Waals surface area contributed by atoms with Crippen LogP contribution in [0.2, 0.25) is 0 Å². The van der Waals surface area contributed by atoms with E-state index in [-0.39, 0.29) is 18.3 Å². The first kappa shape index (κ1) is 13.5. The van der Waals surface area contributed by atoms with Crippen molar-refractivity contribution in [2.75, 3.05) is 11.9 Å². The summed E-state index contributed by atoms with van der Waals surface area (Å²) >= 11 is 1.40. The van der Waals surface area contributed by atoms with Gasteiger partial charge in [-0.1, -0.05) is 23.5 Å². The number of thiazole rings is 1. The molecule has 4 nitrogen and oxygen atoms in total. The third-order valence-electron chi connectivity index (χ3n) is 2.72. The summed E-state index contributed by atoms with van der Waals surface area (Å²) in [7, 11) is 0. The topological polar surface area (TPSA) is 51.2 Å². The highest BCUT2D eigenvalue weighted by molar-refractivity contribution is 7.22. The molecule has 0 bridgehead atoms. The predicted molar refractivity (Wildman–Crippen MR) is 80.1 cm³/mol. The molecule has 0 radical (unpaired) electrons. The van der Waals surface area contributed by atoms with Crippen molar-refractivity contribution in [1.82, 2.24) is 4.98 Å². The molecule has 6 heteroatoms. The number of hydrogen-bond acceptors (Lipinski definition) is 4. The molecule has 0 aliphatic heterocycles. The molecule has 0 saturated heterocycles. The van der Waals surface area contributed by atoms with Gasteiger partial charge in [-0.15, -0.1) is 0 Å². The van der Waals surface area contributed by atoms with Crippen LogP contribution in [0.25, 0.3) is 10.2 Å². The SMILES string of the molecule is O=C(COc1ccc(F)cc1)Nc1nc2ccccc2s1. The normalized spacial score (nSPS) is 10.5. The van der Waals surface area contributed by atoms with E-state index in [4.69, 9.17) is 4.74 Å². The zero-order chi connectivity index (χ0) is 14.7. The molecule has 0 aliphatic rings. The van der Waals surface area contributed by atoms with Crippen LogP contribution in [0.1, 0.15) is 0 Å². The van der Waals surface area contributed by atoms with Crippen LogP contribution in [0.3, 0.4) is 0 Å². The lowest BCUT2D eigenvalue weighted by Crippen LogP contribution is -2.19. The molecule has 1 aromatic heterocycles. The first-order valence-corrected chi connectivity index (χ1v) is 7.06. The fourth-order valence-corrected chi connectivity index (χ4v) is 2.64. The van der Waals surface area contributed by atoms with Gasteiger partial charge in [0.15, 0.2) is 11.7 Å². The van der Waals surface area contributed by atoms with Crippen LogP contribution in [0.4, 0.5) is 9.52 Å². The van der Waals surface area contributed by atoms with Crippen molar-refractivity contribution in [3.63, 3.8) is 0 Å². The van der Waals surface area contributed by atoms with E-state index in [1.807, 2.05) is 24.3 Å². The summed E-state index contributed by atoms with van der Waals surface area (Å²) in [5.74, 6) is -0.212. The smallest absolute Gasteiger partial charge is 0.264 e. The van der Waals surface area contributed by atoms with E-state index in [0.717, 1.165) is 10.2 Å². The Balaban J connectivity index is 1.59. The molecule has 0 saturated carbocycles. The summed E-state index contributed by atoms with van der Waals surface area (Å²) < 4.78 is 19.0. The Hall–Kier alpha value is -2.47. The fraction of sp³-hybridized carbons (Fsp3) is 0.0667. The van der Waals surface area contributed by atoms with E-state index < -0.39 is 0 Å². The quantitative estimate of drug-likeness (QED) is 0.803. The number of carbonyl (C=O) groups is 1. The number of halogens is 1. The van der Waals surface area contributed by atoms with Crippen LogP contribution in [0, 0.1) is 5.82 Å². The van der Waals surface area contributed by atoms with Crippen LogP contribution >= 0.6 is 11.3 Å². The van der Waals surface area contributed by atoms with E-state index in [1.165, 1.54) is 35.6 Å². The molecule has 2 aromatic carbocycles. The number of fused-ring (bicyclic) bond motifs is 1. The highest BCUT2D eigenvalue weighted by Crippen LogP contribution is 2.25. The van der Waals surface area contributed by atoms with Gasteiger partial charge in [0.05, 0.1) is 10.2 Å². The molecule has 3 rings (SSSR count). The lowest BCUT2D eigenvalue weighted by molar-refractivity contribution is -0.118. The molecular formula is C15H11FN2O2S. The molecule has 1 N–H and O–H groups in total. The number of anilines is 1. The van der Waals surface area contributed by atoms with E-state index in [9.17, 15) is 9.18 Å². The molecule has 1 amide bonds. The second-order valence-electron chi connectivity index (χ2n) is 4.28. The molecule has 1 heterocycles. The van der Waals surface area contributed by atoms with Crippen molar-refractivity contribution in [1.29, 1.82) is 0 Å². The Kier molecular flexibility index (Phi) is 3.79. The molecule has 0 fully saturated rings. The number of nitrogens with zero attached hydrogens (tertiary/aromatic N) is 1. The molecule has 0 unspecified atom stereocenters. The van der Waals surface area contributed by atoms with Crippen molar-refractivity contribution < 1.29 is 13.9 Å². The summed E-state index contributed by atoms with van der Waals surface area (Å²) in [6.45, 7) is -0.151. The minimum Gasteiger partial charge on any atom is -0.484 e. The maximum atomic E-state index is 12.7. The first-order valence-electron chi connectivity index (χ1n) is 6.24. The van der Waals surface area contributed by atoms with Gasteiger partial charge in [0, 0.05) is 0 Å². The van der Waals surface area contributed by atoms with Gasteiger partial charge in [-0.25, -0.2) is 9.37 Å². The molecule has 106 valence electrons. The second-order valence-corrected chi connectivity index (χ2v) is 5.31. The number of aromatic nitrogens is 1. The third-order valence-corrected chi connectivity index (χ3v) is 3.68. The van der Waals surface area contributed by atoms with E-state index in [1.54, 1.807) is 0 Å². The molecule has 21 heavy (non-hydrogen) atoms. The minimum absolute atomic E-state index is 0.151. The van der Waals surface area contributed by atoms with Crippen LogP contribution in [-0.4, -0.2) is 17.5 Å². The highest BCUT2D eigenvalue weighted by atomic mass is 32.1. The lowest BCUT2D eigenvalue weighted by atomic mass is 10.3.